The van der Waals surface area contributed by atoms with Gasteiger partial charge >= 0.3 is 0 Å². The second-order valence-electron chi connectivity index (χ2n) is 8.99. The van der Waals surface area contributed by atoms with Crippen molar-refractivity contribution in [3.8, 4) is 5.75 Å². The first-order valence-electron chi connectivity index (χ1n) is 10.1. The van der Waals surface area contributed by atoms with Gasteiger partial charge in [-0.2, -0.15) is 0 Å². The highest BCUT2D eigenvalue weighted by atomic mass is 16.5. The van der Waals surface area contributed by atoms with Crippen molar-refractivity contribution in [3.63, 3.8) is 0 Å². The minimum Gasteiger partial charge on any atom is -0.481 e. The second-order valence-corrected chi connectivity index (χ2v) is 8.99. The number of carbonyl (C=O) groups is 1. The lowest BCUT2D eigenvalue weighted by Crippen LogP contribution is -2.48. The Morgan fingerprint density at radius 3 is 2.54 bits per heavy atom. The molecule has 1 saturated heterocycles. The van der Waals surface area contributed by atoms with Crippen LogP contribution >= 0.6 is 0 Å². The lowest BCUT2D eigenvalue weighted by atomic mass is 9.87. The summed E-state index contributed by atoms with van der Waals surface area (Å²) in [6, 6.07) is 8.67. The molecule has 1 aromatic rings. The third kappa shape index (κ3) is 5.23. The minimum absolute atomic E-state index is 0.0714. The van der Waals surface area contributed by atoms with Gasteiger partial charge in [-0.05, 0) is 68.2 Å². The maximum absolute atomic E-state index is 12.7. The van der Waals surface area contributed by atoms with Crippen LogP contribution in [0.1, 0.15) is 58.9 Å². The number of nitrogens with zero attached hydrogens (tertiary/aromatic N) is 1. The fraction of sp³-hybridized carbons (Fsp3) is 0.682. The molecule has 1 aliphatic carbocycles. The van der Waals surface area contributed by atoms with Crippen LogP contribution in [0.25, 0.3) is 0 Å². The summed E-state index contributed by atoms with van der Waals surface area (Å²) in [6.07, 6.45) is 4.42. The Kier molecular flexibility index (Phi) is 5.91. The van der Waals surface area contributed by atoms with E-state index >= 15 is 0 Å². The zero-order valence-electron chi connectivity index (χ0n) is 16.8. The normalized spacial score (nSPS) is 20.1. The summed E-state index contributed by atoms with van der Waals surface area (Å²) >= 11 is 0. The molecule has 1 aliphatic heterocycles. The van der Waals surface area contributed by atoms with Crippen molar-refractivity contribution in [2.75, 3.05) is 19.6 Å². The van der Waals surface area contributed by atoms with Crippen molar-refractivity contribution in [2.45, 2.75) is 70.9 Å². The predicted octanol–water partition coefficient (Wildman–Crippen LogP) is 3.74. The van der Waals surface area contributed by atoms with E-state index in [1.54, 1.807) is 0 Å². The van der Waals surface area contributed by atoms with E-state index in [4.69, 9.17) is 4.74 Å². The minimum atomic E-state index is -0.443. The largest absolute Gasteiger partial charge is 0.481 e. The summed E-state index contributed by atoms with van der Waals surface area (Å²) in [7, 11) is 0. The van der Waals surface area contributed by atoms with Crippen molar-refractivity contribution >= 4 is 5.91 Å². The standard InChI is InChI=1S/C22H34N2O2/c1-16(26-20-7-5-6-18(14-20)22(2,3)4)21(25)24-12-10-19(11-13-24)23-15-17-8-9-17/h5-7,14,16-17,19,23H,8-13,15H2,1-4H3. The van der Waals surface area contributed by atoms with Crippen molar-refractivity contribution in [1.82, 2.24) is 10.2 Å². The van der Waals surface area contributed by atoms with E-state index in [1.807, 2.05) is 24.0 Å². The molecule has 4 heteroatoms. The van der Waals surface area contributed by atoms with Crippen LogP contribution in [0.5, 0.6) is 5.75 Å². The molecular weight excluding hydrogens is 324 g/mol. The van der Waals surface area contributed by atoms with Crippen molar-refractivity contribution in [2.24, 2.45) is 5.92 Å². The van der Waals surface area contributed by atoms with Gasteiger partial charge in [0.05, 0.1) is 0 Å². The Morgan fingerprint density at radius 2 is 1.92 bits per heavy atom. The lowest BCUT2D eigenvalue weighted by Gasteiger charge is -2.34. The number of nitrogens with one attached hydrogen (secondary N) is 1. The van der Waals surface area contributed by atoms with E-state index in [9.17, 15) is 4.79 Å². The van der Waals surface area contributed by atoms with Gasteiger partial charge in [0, 0.05) is 19.1 Å². The van der Waals surface area contributed by atoms with Crippen molar-refractivity contribution in [3.05, 3.63) is 29.8 Å². The van der Waals surface area contributed by atoms with Gasteiger partial charge in [0.1, 0.15) is 5.75 Å². The van der Waals surface area contributed by atoms with Crippen LogP contribution in [0.3, 0.4) is 0 Å². The monoisotopic (exact) mass is 358 g/mol. The van der Waals surface area contributed by atoms with Gasteiger partial charge in [0.25, 0.3) is 5.91 Å². The fourth-order valence-electron chi connectivity index (χ4n) is 3.51. The maximum atomic E-state index is 12.7. The summed E-state index contributed by atoms with van der Waals surface area (Å²) in [5.41, 5.74) is 1.29. The van der Waals surface area contributed by atoms with Gasteiger partial charge in [-0.1, -0.05) is 32.9 Å². The van der Waals surface area contributed by atoms with Gasteiger partial charge in [-0.25, -0.2) is 0 Å². The molecule has 1 unspecified atom stereocenters. The third-order valence-electron chi connectivity index (χ3n) is 5.56. The topological polar surface area (TPSA) is 41.6 Å². The number of benzene rings is 1. The molecule has 1 amide bonds. The number of likely N-dealkylation sites (tertiary alicyclic amines) is 1. The SMILES string of the molecule is CC(Oc1cccc(C(C)(C)C)c1)C(=O)N1CCC(NCC2CC2)CC1. The van der Waals surface area contributed by atoms with E-state index in [0.29, 0.717) is 6.04 Å². The number of carbonyl (C=O) groups excluding carboxylic acids is 1. The van der Waals surface area contributed by atoms with Gasteiger partial charge in [0.2, 0.25) is 0 Å². The van der Waals surface area contributed by atoms with Gasteiger partial charge in [-0.15, -0.1) is 0 Å². The zero-order chi connectivity index (χ0) is 18.7. The van der Waals surface area contributed by atoms with Crippen LogP contribution in [0.15, 0.2) is 24.3 Å². The molecule has 144 valence electrons. The van der Waals surface area contributed by atoms with Gasteiger partial charge in [0.15, 0.2) is 6.10 Å². The quantitative estimate of drug-likeness (QED) is 0.842. The highest BCUT2D eigenvalue weighted by molar-refractivity contribution is 5.81. The Bertz CT molecular complexity index is 611. The zero-order valence-corrected chi connectivity index (χ0v) is 16.8. The van der Waals surface area contributed by atoms with E-state index < -0.39 is 6.10 Å². The van der Waals surface area contributed by atoms with Crippen LogP contribution in [-0.4, -0.2) is 42.6 Å². The van der Waals surface area contributed by atoms with Crippen LogP contribution in [0.2, 0.25) is 0 Å². The smallest absolute Gasteiger partial charge is 0.263 e. The van der Waals surface area contributed by atoms with E-state index in [2.05, 4.69) is 38.2 Å². The Hall–Kier alpha value is -1.55. The van der Waals surface area contributed by atoms with Crippen LogP contribution in [-0.2, 0) is 10.2 Å². The highest BCUT2D eigenvalue weighted by Crippen LogP contribution is 2.28. The predicted molar refractivity (Wildman–Crippen MR) is 106 cm³/mol. The molecule has 2 fully saturated rings. The summed E-state index contributed by atoms with van der Waals surface area (Å²) in [4.78, 5) is 14.7. The Morgan fingerprint density at radius 1 is 1.23 bits per heavy atom. The maximum Gasteiger partial charge on any atom is 0.263 e. The van der Waals surface area contributed by atoms with E-state index in [-0.39, 0.29) is 11.3 Å². The summed E-state index contributed by atoms with van der Waals surface area (Å²) in [5.74, 6) is 1.79. The molecular formula is C22H34N2O2. The number of amides is 1. The van der Waals surface area contributed by atoms with Crippen LogP contribution in [0.4, 0.5) is 0 Å². The van der Waals surface area contributed by atoms with Crippen molar-refractivity contribution in [1.29, 1.82) is 0 Å². The third-order valence-corrected chi connectivity index (χ3v) is 5.56. The number of piperidine rings is 1. The molecule has 4 nitrogen and oxygen atoms in total. The molecule has 1 aromatic carbocycles. The Labute approximate surface area is 158 Å². The molecule has 26 heavy (non-hydrogen) atoms. The molecule has 1 heterocycles. The van der Waals surface area contributed by atoms with Crippen LogP contribution in [0, 0.1) is 5.92 Å². The molecule has 0 aromatic heterocycles. The lowest BCUT2D eigenvalue weighted by molar-refractivity contribution is -0.139. The molecule has 0 bridgehead atoms. The average Bonchev–Trinajstić information content (AvgIpc) is 3.44. The number of hydrogen-bond donors (Lipinski definition) is 1. The highest BCUT2D eigenvalue weighted by Gasteiger charge is 2.28. The number of ether oxygens (including phenoxy) is 1. The van der Waals surface area contributed by atoms with Crippen molar-refractivity contribution < 1.29 is 9.53 Å². The average molecular weight is 359 g/mol. The van der Waals surface area contributed by atoms with Gasteiger partial charge in [-0.3, -0.25) is 4.79 Å². The molecule has 3 rings (SSSR count). The summed E-state index contributed by atoms with van der Waals surface area (Å²) in [6.45, 7) is 11.2. The van der Waals surface area contributed by atoms with Crippen LogP contribution < -0.4 is 10.1 Å². The summed E-state index contributed by atoms with van der Waals surface area (Å²) in [5, 5.41) is 3.66. The molecule has 0 radical (unpaired) electrons. The molecule has 1 atom stereocenters. The number of hydrogen-bond acceptors (Lipinski definition) is 3. The first kappa shape index (κ1) is 19.2. The van der Waals surface area contributed by atoms with Gasteiger partial charge < -0.3 is 15.0 Å². The molecule has 1 N–H and O–H groups in total. The molecule has 1 saturated carbocycles. The first-order chi connectivity index (χ1) is 12.3. The fourth-order valence-corrected chi connectivity index (χ4v) is 3.51. The van der Waals surface area contributed by atoms with E-state index in [1.165, 1.54) is 18.4 Å². The molecule has 2 aliphatic rings. The first-order valence-corrected chi connectivity index (χ1v) is 10.1. The van der Waals surface area contributed by atoms with E-state index in [0.717, 1.165) is 44.1 Å². The molecule has 0 spiro atoms. The summed E-state index contributed by atoms with van der Waals surface area (Å²) < 4.78 is 5.97. The second kappa shape index (κ2) is 7.99. The number of rotatable bonds is 6. The Balaban J connectivity index is 1.48.